The van der Waals surface area contributed by atoms with Crippen molar-refractivity contribution in [3.8, 4) is 0 Å². The highest BCUT2D eigenvalue weighted by Gasteiger charge is 2.42. The van der Waals surface area contributed by atoms with E-state index in [0.717, 1.165) is 18.5 Å². The number of hydrogen-bond acceptors (Lipinski definition) is 2. The van der Waals surface area contributed by atoms with Crippen molar-refractivity contribution >= 4 is 0 Å². The van der Waals surface area contributed by atoms with E-state index in [1.54, 1.807) is 0 Å². The van der Waals surface area contributed by atoms with E-state index < -0.39 is 5.60 Å². The Kier molecular flexibility index (Phi) is 3.28. The second-order valence-corrected chi connectivity index (χ2v) is 5.69. The topological polar surface area (TPSA) is 23.5 Å². The van der Waals surface area contributed by atoms with E-state index in [1.807, 2.05) is 6.07 Å². The quantitative estimate of drug-likeness (QED) is 0.806. The molecule has 1 aromatic carbocycles. The van der Waals surface area contributed by atoms with Gasteiger partial charge < -0.3 is 10.0 Å². The number of aryl methyl sites for hydroxylation is 1. The van der Waals surface area contributed by atoms with Crippen molar-refractivity contribution in [1.82, 2.24) is 4.90 Å². The molecule has 0 unspecified atom stereocenters. The molecule has 0 radical (unpaired) electrons. The summed E-state index contributed by atoms with van der Waals surface area (Å²) in [5.74, 6) is 0.269. The number of rotatable bonds is 1. The van der Waals surface area contributed by atoms with E-state index in [4.69, 9.17) is 0 Å². The second-order valence-electron chi connectivity index (χ2n) is 5.69. The summed E-state index contributed by atoms with van der Waals surface area (Å²) in [4.78, 5) is 2.33. The Morgan fingerprint density at radius 3 is 2.71 bits per heavy atom. The molecule has 0 bridgehead atoms. The third kappa shape index (κ3) is 2.24. The molecule has 2 nitrogen and oxygen atoms in total. The largest absolute Gasteiger partial charge is 0.385 e. The highest BCUT2D eigenvalue weighted by molar-refractivity contribution is 5.29. The van der Waals surface area contributed by atoms with Gasteiger partial charge in [-0.25, -0.2) is 0 Å². The maximum absolute atomic E-state index is 11.0. The molecule has 3 atom stereocenters. The van der Waals surface area contributed by atoms with Gasteiger partial charge in [0.1, 0.15) is 0 Å². The van der Waals surface area contributed by atoms with Crippen molar-refractivity contribution < 1.29 is 5.11 Å². The van der Waals surface area contributed by atoms with Gasteiger partial charge in [-0.1, -0.05) is 36.8 Å². The first-order chi connectivity index (χ1) is 7.93. The van der Waals surface area contributed by atoms with E-state index in [9.17, 15) is 5.11 Å². The third-order valence-corrected chi connectivity index (χ3v) is 4.25. The Morgan fingerprint density at radius 2 is 2.06 bits per heavy atom. The van der Waals surface area contributed by atoms with Crippen molar-refractivity contribution in [2.45, 2.75) is 38.8 Å². The van der Waals surface area contributed by atoms with Crippen LogP contribution in [-0.4, -0.2) is 29.6 Å². The maximum Gasteiger partial charge on any atom is 0.0949 e. The molecule has 1 aliphatic rings. The Morgan fingerprint density at radius 1 is 1.35 bits per heavy atom. The molecular weight excluding hydrogens is 210 g/mol. The molecule has 1 N–H and O–H groups in total. The lowest BCUT2D eigenvalue weighted by atomic mass is 9.74. The highest BCUT2D eigenvalue weighted by atomic mass is 16.3. The van der Waals surface area contributed by atoms with Crippen molar-refractivity contribution in [3.63, 3.8) is 0 Å². The summed E-state index contributed by atoms with van der Waals surface area (Å²) in [7, 11) is 2.14. The molecule has 2 rings (SSSR count). The van der Waals surface area contributed by atoms with Crippen LogP contribution in [0.25, 0.3) is 0 Å². The van der Waals surface area contributed by atoms with Gasteiger partial charge in [-0.15, -0.1) is 0 Å². The van der Waals surface area contributed by atoms with Gasteiger partial charge in [-0.2, -0.15) is 0 Å². The van der Waals surface area contributed by atoms with E-state index in [1.165, 1.54) is 5.56 Å². The number of piperidine rings is 1. The van der Waals surface area contributed by atoms with Gasteiger partial charge in [-0.3, -0.25) is 0 Å². The van der Waals surface area contributed by atoms with Crippen molar-refractivity contribution in [2.75, 3.05) is 13.6 Å². The van der Waals surface area contributed by atoms with Gasteiger partial charge in [-0.05, 0) is 32.9 Å². The second kappa shape index (κ2) is 4.43. The number of nitrogens with zero attached hydrogens (tertiary/aromatic N) is 1. The fraction of sp³-hybridized carbons (Fsp3) is 0.600. The first-order valence-corrected chi connectivity index (χ1v) is 6.43. The van der Waals surface area contributed by atoms with Crippen molar-refractivity contribution in [1.29, 1.82) is 0 Å². The summed E-state index contributed by atoms with van der Waals surface area (Å²) in [6, 6.07) is 8.72. The highest BCUT2D eigenvalue weighted by Crippen LogP contribution is 2.39. The predicted molar refractivity (Wildman–Crippen MR) is 70.9 cm³/mol. The lowest BCUT2D eigenvalue weighted by Gasteiger charge is -2.46. The Labute approximate surface area is 104 Å². The molecule has 0 aliphatic carbocycles. The normalized spacial score (nSPS) is 34.9. The summed E-state index contributed by atoms with van der Waals surface area (Å²) in [6.07, 6.45) is 0.814. The van der Waals surface area contributed by atoms with Crippen LogP contribution in [0.2, 0.25) is 0 Å². The minimum absolute atomic E-state index is 0.269. The zero-order chi connectivity index (χ0) is 12.6. The van der Waals surface area contributed by atoms with Crippen LogP contribution in [-0.2, 0) is 5.60 Å². The number of benzene rings is 1. The van der Waals surface area contributed by atoms with Crippen LogP contribution < -0.4 is 0 Å². The van der Waals surface area contributed by atoms with Crippen LogP contribution in [0.1, 0.15) is 31.4 Å². The Balaban J connectivity index is 2.35. The van der Waals surface area contributed by atoms with Crippen LogP contribution in [0.4, 0.5) is 0 Å². The van der Waals surface area contributed by atoms with Crippen LogP contribution in [0, 0.1) is 12.8 Å². The summed E-state index contributed by atoms with van der Waals surface area (Å²) >= 11 is 0. The van der Waals surface area contributed by atoms with Crippen molar-refractivity contribution in [3.05, 3.63) is 35.4 Å². The molecule has 0 spiro atoms. The third-order valence-electron chi connectivity index (χ3n) is 4.25. The van der Waals surface area contributed by atoms with Crippen molar-refractivity contribution in [2.24, 2.45) is 5.92 Å². The number of likely N-dealkylation sites (tertiary alicyclic amines) is 1. The molecule has 1 heterocycles. The van der Waals surface area contributed by atoms with Gasteiger partial charge in [0, 0.05) is 18.5 Å². The van der Waals surface area contributed by atoms with E-state index >= 15 is 0 Å². The van der Waals surface area contributed by atoms with Crippen LogP contribution >= 0.6 is 0 Å². The molecule has 0 saturated carbocycles. The average molecular weight is 233 g/mol. The number of hydrogen-bond donors (Lipinski definition) is 1. The van der Waals surface area contributed by atoms with Gasteiger partial charge in [0.2, 0.25) is 0 Å². The summed E-state index contributed by atoms with van der Waals surface area (Å²) in [5.41, 5.74) is 1.62. The Bertz CT molecular complexity index is 404. The summed E-state index contributed by atoms with van der Waals surface area (Å²) < 4.78 is 0. The fourth-order valence-electron chi connectivity index (χ4n) is 2.89. The fourth-order valence-corrected chi connectivity index (χ4v) is 2.89. The predicted octanol–water partition coefficient (Wildman–Crippen LogP) is 2.54. The monoisotopic (exact) mass is 233 g/mol. The zero-order valence-corrected chi connectivity index (χ0v) is 11.3. The summed E-state index contributed by atoms with van der Waals surface area (Å²) in [6.45, 7) is 7.36. The maximum atomic E-state index is 11.0. The van der Waals surface area contributed by atoms with Crippen LogP contribution in [0.5, 0.6) is 0 Å². The SMILES string of the molecule is Cc1cccc([C@@]2(O)C[C@@H](C)N(C)C[C@@H]2C)c1. The van der Waals surface area contributed by atoms with E-state index in [0.29, 0.717) is 6.04 Å². The van der Waals surface area contributed by atoms with E-state index in [2.05, 4.69) is 50.9 Å². The molecular formula is C15H23NO. The zero-order valence-electron chi connectivity index (χ0n) is 11.3. The molecule has 1 saturated heterocycles. The molecule has 1 aliphatic heterocycles. The first-order valence-electron chi connectivity index (χ1n) is 6.43. The minimum atomic E-state index is -0.669. The summed E-state index contributed by atoms with van der Waals surface area (Å²) in [5, 5.41) is 11.0. The molecule has 2 heteroatoms. The van der Waals surface area contributed by atoms with E-state index in [-0.39, 0.29) is 5.92 Å². The van der Waals surface area contributed by atoms with Gasteiger partial charge in [0.25, 0.3) is 0 Å². The molecule has 0 amide bonds. The lowest BCUT2D eigenvalue weighted by molar-refractivity contribution is -0.0843. The van der Waals surface area contributed by atoms with Gasteiger partial charge in [0.05, 0.1) is 5.60 Å². The van der Waals surface area contributed by atoms with Gasteiger partial charge >= 0.3 is 0 Å². The molecule has 0 aromatic heterocycles. The average Bonchev–Trinajstić information content (AvgIpc) is 2.26. The lowest BCUT2D eigenvalue weighted by Crippen LogP contribution is -2.51. The minimum Gasteiger partial charge on any atom is -0.385 e. The molecule has 17 heavy (non-hydrogen) atoms. The van der Waals surface area contributed by atoms with Crippen LogP contribution in [0.15, 0.2) is 24.3 Å². The molecule has 94 valence electrons. The molecule has 1 fully saturated rings. The number of aliphatic hydroxyl groups is 1. The van der Waals surface area contributed by atoms with Gasteiger partial charge in [0.15, 0.2) is 0 Å². The molecule has 1 aromatic rings. The smallest absolute Gasteiger partial charge is 0.0949 e. The standard InChI is InChI=1S/C15H23NO/c1-11-6-5-7-14(8-11)15(17)9-13(3)16(4)10-12(15)2/h5-8,12-13,17H,9-10H2,1-4H3/t12-,13+,15+/m0/s1. The first kappa shape index (κ1) is 12.6. The van der Waals surface area contributed by atoms with Crippen LogP contribution in [0.3, 0.4) is 0 Å². The Hall–Kier alpha value is -0.860.